The predicted octanol–water partition coefficient (Wildman–Crippen LogP) is 2.15. The summed E-state index contributed by atoms with van der Waals surface area (Å²) in [5.41, 5.74) is 1.08. The summed E-state index contributed by atoms with van der Waals surface area (Å²) in [4.78, 5) is 25.6. The number of nitrogens with zero attached hydrogens (tertiary/aromatic N) is 1. The Bertz CT molecular complexity index is 531. The number of nitrogens with one attached hydrogen (secondary N) is 1. The topological polar surface area (TPSA) is 58.6 Å². The van der Waals surface area contributed by atoms with Gasteiger partial charge in [0.25, 0.3) is 0 Å². The van der Waals surface area contributed by atoms with E-state index in [1.165, 1.54) is 0 Å². The molecule has 5 heteroatoms. The van der Waals surface area contributed by atoms with Gasteiger partial charge in [-0.05, 0) is 30.9 Å². The highest BCUT2D eigenvalue weighted by Gasteiger charge is 2.17. The van der Waals surface area contributed by atoms with E-state index in [0.717, 1.165) is 43.5 Å². The van der Waals surface area contributed by atoms with Gasteiger partial charge in [0.2, 0.25) is 11.8 Å². The molecule has 0 bridgehead atoms. The molecule has 0 saturated carbocycles. The molecule has 0 radical (unpaired) electrons. The number of likely N-dealkylation sites (tertiary alicyclic amines) is 1. The minimum absolute atomic E-state index is 0.00283. The number of ether oxygens (including phenoxy) is 1. The van der Waals surface area contributed by atoms with E-state index in [2.05, 4.69) is 5.32 Å². The molecule has 1 aliphatic heterocycles. The third-order valence-electron chi connectivity index (χ3n) is 4.19. The molecule has 0 unspecified atom stereocenters. The Kier molecular flexibility index (Phi) is 6.91. The summed E-state index contributed by atoms with van der Waals surface area (Å²) in [7, 11) is 1.65. The lowest BCUT2D eigenvalue weighted by molar-refractivity contribution is -0.131. The molecule has 1 aromatic carbocycles. The molecular weight excluding hydrogens is 292 g/mol. The monoisotopic (exact) mass is 318 g/mol. The minimum atomic E-state index is -0.00283. The van der Waals surface area contributed by atoms with Crippen LogP contribution >= 0.6 is 0 Å². The van der Waals surface area contributed by atoms with Crippen LogP contribution in [0.5, 0.6) is 5.75 Å². The molecule has 23 heavy (non-hydrogen) atoms. The first-order valence-corrected chi connectivity index (χ1v) is 8.37. The van der Waals surface area contributed by atoms with E-state index in [1.807, 2.05) is 29.2 Å². The molecule has 5 nitrogen and oxygen atoms in total. The summed E-state index contributed by atoms with van der Waals surface area (Å²) in [6.45, 7) is 1.89. The van der Waals surface area contributed by atoms with Crippen molar-refractivity contribution < 1.29 is 14.3 Å². The predicted molar refractivity (Wildman–Crippen MR) is 89.4 cm³/mol. The molecule has 126 valence electrons. The maximum absolute atomic E-state index is 11.9. The highest BCUT2D eigenvalue weighted by atomic mass is 16.5. The number of amides is 2. The highest BCUT2D eigenvalue weighted by Crippen LogP contribution is 2.17. The largest absolute Gasteiger partial charge is 0.496 e. The van der Waals surface area contributed by atoms with E-state index in [-0.39, 0.29) is 11.8 Å². The Morgan fingerprint density at radius 3 is 2.91 bits per heavy atom. The van der Waals surface area contributed by atoms with Crippen molar-refractivity contribution in [2.24, 2.45) is 0 Å². The molecule has 0 atom stereocenters. The van der Waals surface area contributed by atoms with E-state index in [0.29, 0.717) is 25.9 Å². The Balaban J connectivity index is 1.69. The first kappa shape index (κ1) is 17.3. The van der Waals surface area contributed by atoms with Gasteiger partial charge in [0.05, 0.1) is 7.11 Å². The van der Waals surface area contributed by atoms with Gasteiger partial charge in [-0.3, -0.25) is 9.59 Å². The second-order valence-corrected chi connectivity index (χ2v) is 5.85. The zero-order chi connectivity index (χ0) is 16.5. The van der Waals surface area contributed by atoms with Gasteiger partial charge < -0.3 is 15.0 Å². The van der Waals surface area contributed by atoms with Crippen LogP contribution < -0.4 is 10.1 Å². The number of para-hydroxylation sites is 1. The van der Waals surface area contributed by atoms with Crippen molar-refractivity contribution in [1.29, 1.82) is 0 Å². The van der Waals surface area contributed by atoms with Gasteiger partial charge in [0.15, 0.2) is 0 Å². The van der Waals surface area contributed by atoms with Crippen LogP contribution in [0.25, 0.3) is 0 Å². The van der Waals surface area contributed by atoms with Crippen molar-refractivity contribution >= 4 is 11.8 Å². The Morgan fingerprint density at radius 1 is 1.26 bits per heavy atom. The van der Waals surface area contributed by atoms with Gasteiger partial charge in [-0.1, -0.05) is 24.6 Å². The van der Waals surface area contributed by atoms with Gasteiger partial charge in [-0.15, -0.1) is 0 Å². The summed E-state index contributed by atoms with van der Waals surface area (Å²) < 4.78 is 5.30. The molecule has 0 aliphatic carbocycles. The summed E-state index contributed by atoms with van der Waals surface area (Å²) in [6.07, 6.45) is 4.85. The van der Waals surface area contributed by atoms with Gasteiger partial charge in [-0.25, -0.2) is 0 Å². The van der Waals surface area contributed by atoms with Crippen LogP contribution in [0.15, 0.2) is 24.3 Å². The summed E-state index contributed by atoms with van der Waals surface area (Å²) in [5, 5.41) is 2.92. The standard InChI is InChI=1S/C18H26N2O3/c1-23-16-8-5-4-7-15(16)10-12-19-17(21)11-14-20-13-6-2-3-9-18(20)22/h4-5,7-8H,2-3,6,9-14H2,1H3,(H,19,21). The maximum atomic E-state index is 11.9. The fraction of sp³-hybridized carbons (Fsp3) is 0.556. The fourth-order valence-corrected chi connectivity index (χ4v) is 2.85. The molecule has 1 aliphatic rings. The molecule has 1 fully saturated rings. The molecular formula is C18H26N2O3. The van der Waals surface area contributed by atoms with Crippen LogP contribution in [0.4, 0.5) is 0 Å². The van der Waals surface area contributed by atoms with E-state index < -0.39 is 0 Å². The first-order valence-electron chi connectivity index (χ1n) is 8.37. The number of benzene rings is 1. The Morgan fingerprint density at radius 2 is 2.09 bits per heavy atom. The second kappa shape index (κ2) is 9.18. The molecule has 2 rings (SSSR count). The lowest BCUT2D eigenvalue weighted by Gasteiger charge is -2.20. The number of rotatable bonds is 7. The smallest absolute Gasteiger partial charge is 0.222 e. The first-order chi connectivity index (χ1) is 11.2. The SMILES string of the molecule is COc1ccccc1CCNC(=O)CCN1CCCCCC1=O. The van der Waals surface area contributed by atoms with Crippen LogP contribution in [0.2, 0.25) is 0 Å². The van der Waals surface area contributed by atoms with Gasteiger partial charge in [0, 0.05) is 32.5 Å². The van der Waals surface area contributed by atoms with Gasteiger partial charge >= 0.3 is 0 Å². The number of methoxy groups -OCH3 is 1. The van der Waals surface area contributed by atoms with Gasteiger partial charge in [-0.2, -0.15) is 0 Å². The van der Waals surface area contributed by atoms with Crippen molar-refractivity contribution in [3.63, 3.8) is 0 Å². The summed E-state index contributed by atoms with van der Waals surface area (Å²) >= 11 is 0. The zero-order valence-electron chi connectivity index (χ0n) is 13.8. The third kappa shape index (κ3) is 5.58. The lowest BCUT2D eigenvalue weighted by atomic mass is 10.1. The molecule has 0 aromatic heterocycles. The third-order valence-corrected chi connectivity index (χ3v) is 4.19. The molecule has 1 aromatic rings. The number of carbonyl (C=O) groups is 2. The van der Waals surface area contributed by atoms with Crippen molar-refractivity contribution in [2.45, 2.75) is 38.5 Å². The van der Waals surface area contributed by atoms with Gasteiger partial charge in [0.1, 0.15) is 5.75 Å². The molecule has 0 spiro atoms. The number of hydrogen-bond donors (Lipinski definition) is 1. The van der Waals surface area contributed by atoms with Crippen LogP contribution in [-0.2, 0) is 16.0 Å². The van der Waals surface area contributed by atoms with Crippen molar-refractivity contribution in [3.8, 4) is 5.75 Å². The van der Waals surface area contributed by atoms with Crippen molar-refractivity contribution in [3.05, 3.63) is 29.8 Å². The molecule has 1 heterocycles. The highest BCUT2D eigenvalue weighted by molar-refractivity contribution is 5.79. The normalized spacial score (nSPS) is 15.2. The summed E-state index contributed by atoms with van der Waals surface area (Å²) in [5.74, 6) is 1.03. The molecule has 1 N–H and O–H groups in total. The van der Waals surface area contributed by atoms with E-state index in [1.54, 1.807) is 7.11 Å². The van der Waals surface area contributed by atoms with E-state index in [9.17, 15) is 9.59 Å². The quantitative estimate of drug-likeness (QED) is 0.838. The minimum Gasteiger partial charge on any atom is -0.496 e. The van der Waals surface area contributed by atoms with Crippen LogP contribution in [0.1, 0.15) is 37.7 Å². The fourth-order valence-electron chi connectivity index (χ4n) is 2.85. The van der Waals surface area contributed by atoms with Crippen molar-refractivity contribution in [2.75, 3.05) is 26.7 Å². The second-order valence-electron chi connectivity index (χ2n) is 5.85. The average Bonchev–Trinajstić information content (AvgIpc) is 2.77. The van der Waals surface area contributed by atoms with Crippen molar-refractivity contribution in [1.82, 2.24) is 10.2 Å². The average molecular weight is 318 g/mol. The number of carbonyl (C=O) groups excluding carboxylic acids is 2. The number of hydrogen-bond acceptors (Lipinski definition) is 3. The molecule has 1 saturated heterocycles. The summed E-state index contributed by atoms with van der Waals surface area (Å²) in [6, 6.07) is 7.81. The molecule has 2 amide bonds. The Hall–Kier alpha value is -2.04. The zero-order valence-corrected chi connectivity index (χ0v) is 13.8. The van der Waals surface area contributed by atoms with Crippen LogP contribution in [-0.4, -0.2) is 43.5 Å². The van der Waals surface area contributed by atoms with E-state index in [4.69, 9.17) is 4.74 Å². The Labute approximate surface area is 138 Å². The lowest BCUT2D eigenvalue weighted by Crippen LogP contribution is -2.35. The van der Waals surface area contributed by atoms with E-state index >= 15 is 0 Å². The maximum Gasteiger partial charge on any atom is 0.222 e. The van der Waals surface area contributed by atoms with Crippen LogP contribution in [0.3, 0.4) is 0 Å². The van der Waals surface area contributed by atoms with Crippen LogP contribution in [0, 0.1) is 0 Å².